The van der Waals surface area contributed by atoms with Crippen LogP contribution in [0.3, 0.4) is 0 Å². The van der Waals surface area contributed by atoms with Crippen molar-refractivity contribution >= 4 is 22.1 Å². The Hall–Kier alpha value is -3.17. The topological polar surface area (TPSA) is 150 Å². The number of aryl methyl sites for hydroxylation is 1. The number of esters is 2. The first-order valence-corrected chi connectivity index (χ1v) is 21.9. The zero-order valence-electron chi connectivity index (χ0n) is 34.7. The molecule has 2 N–H and O–H groups in total. The number of nitrogens with zero attached hydrogens (tertiary/aromatic N) is 2. The summed E-state index contributed by atoms with van der Waals surface area (Å²) < 4.78 is 44.4. The largest absolute Gasteiger partial charge is 1.00 e. The van der Waals surface area contributed by atoms with Crippen molar-refractivity contribution < 1.29 is 68.2 Å². The highest BCUT2D eigenvalue weighted by molar-refractivity contribution is 7.85. The Kier molecular flexibility index (Phi) is 16.3. The molecule has 2 aliphatic heterocycles. The maximum atomic E-state index is 12.9. The molecule has 0 aromatic heterocycles. The molecule has 4 atom stereocenters. The summed E-state index contributed by atoms with van der Waals surface area (Å²) in [4.78, 5) is 25.7. The molecule has 3 aromatic carbocycles. The monoisotopic (exact) mass is 886 g/mol. The summed E-state index contributed by atoms with van der Waals surface area (Å²) in [5, 5.41) is 22.7. The van der Waals surface area contributed by atoms with Gasteiger partial charge in [-0.05, 0) is 55.9 Å². The summed E-state index contributed by atoms with van der Waals surface area (Å²) in [6.45, 7) is 5.47. The van der Waals surface area contributed by atoms with Gasteiger partial charge in [0.15, 0.2) is 23.4 Å². The Morgan fingerprint density at radius 2 is 0.966 bits per heavy atom. The lowest BCUT2D eigenvalue weighted by molar-refractivity contribution is -0.879. The van der Waals surface area contributed by atoms with Gasteiger partial charge in [0.2, 0.25) is 0 Å². The summed E-state index contributed by atoms with van der Waals surface area (Å²) >= 11 is 0. The number of carbonyl (C=O) groups excluding carboxylic acids is 2. The minimum atomic E-state index is -4.27. The van der Waals surface area contributed by atoms with Crippen molar-refractivity contribution in [3.63, 3.8) is 0 Å². The van der Waals surface area contributed by atoms with E-state index in [-0.39, 0.29) is 45.9 Å². The van der Waals surface area contributed by atoms with E-state index in [1.54, 1.807) is 12.1 Å². The number of quaternary nitrogens is 2. The molecule has 2 saturated carbocycles. The first kappa shape index (κ1) is 47.5. The number of ether oxygens (including phenoxy) is 2. The van der Waals surface area contributed by atoms with E-state index in [0.29, 0.717) is 11.1 Å². The van der Waals surface area contributed by atoms with E-state index in [9.17, 15) is 32.8 Å². The van der Waals surface area contributed by atoms with Gasteiger partial charge in [0.1, 0.15) is 23.2 Å². The van der Waals surface area contributed by atoms with Crippen LogP contribution in [0.2, 0.25) is 0 Å². The smallest absolute Gasteiger partial charge is 0.343 e. The van der Waals surface area contributed by atoms with Crippen LogP contribution in [0.25, 0.3) is 0 Å². The number of rotatable bonds is 9. The van der Waals surface area contributed by atoms with Gasteiger partial charge in [-0.2, -0.15) is 0 Å². The van der Waals surface area contributed by atoms with Gasteiger partial charge in [-0.15, -0.1) is 0 Å². The van der Waals surface area contributed by atoms with Crippen LogP contribution in [-0.4, -0.2) is 111 Å². The van der Waals surface area contributed by atoms with Crippen molar-refractivity contribution in [2.24, 2.45) is 11.8 Å². The number of carbonyl (C=O) groups is 2. The number of hydrogen-bond donors (Lipinski definition) is 2. The van der Waals surface area contributed by atoms with Crippen LogP contribution in [-0.2, 0) is 40.4 Å². The Bertz CT molecular complexity index is 1780. The molecule has 0 amide bonds. The van der Waals surface area contributed by atoms with Crippen molar-refractivity contribution in [1.82, 2.24) is 0 Å². The average Bonchev–Trinajstić information content (AvgIpc) is 4.01. The van der Waals surface area contributed by atoms with Crippen LogP contribution in [0.4, 0.5) is 0 Å². The minimum Gasteiger partial charge on any atom is -1.00 e. The third-order valence-electron chi connectivity index (χ3n) is 12.3. The number of aliphatic hydroxyl groups is 2. The predicted octanol–water partition coefficient (Wildman–Crippen LogP) is 2.82. The second-order valence-electron chi connectivity index (χ2n) is 17.8. The number of hydrogen-bond acceptors (Lipinski definition) is 9. The van der Waals surface area contributed by atoms with E-state index in [1.165, 1.54) is 12.1 Å². The van der Waals surface area contributed by atoms with Crippen molar-refractivity contribution in [3.05, 3.63) is 102 Å². The molecule has 13 heteroatoms. The molecule has 7 rings (SSSR count). The molecular formula is C45H63BrN2O9S. The molecule has 2 heterocycles. The summed E-state index contributed by atoms with van der Waals surface area (Å²) in [7, 11) is 4.32. The molecule has 2 saturated heterocycles. The molecule has 0 radical (unpaired) electrons. The Morgan fingerprint density at radius 3 is 1.26 bits per heavy atom. The molecule has 4 unspecified atom stereocenters. The van der Waals surface area contributed by atoms with Crippen LogP contribution in [0, 0.1) is 18.8 Å². The zero-order valence-corrected chi connectivity index (χ0v) is 37.1. The fourth-order valence-electron chi connectivity index (χ4n) is 8.95. The second kappa shape index (κ2) is 19.9. The van der Waals surface area contributed by atoms with Crippen LogP contribution < -0.4 is 17.0 Å². The highest BCUT2D eigenvalue weighted by atomic mass is 79.9. The van der Waals surface area contributed by atoms with Crippen molar-refractivity contribution in [1.29, 1.82) is 0 Å². The fourth-order valence-corrected chi connectivity index (χ4v) is 9.42. The van der Waals surface area contributed by atoms with Crippen molar-refractivity contribution in [2.75, 3.05) is 54.4 Å². The Balaban J connectivity index is 0.000000203. The quantitative estimate of drug-likeness (QED) is 0.188. The van der Waals surface area contributed by atoms with E-state index in [1.807, 2.05) is 67.6 Å². The van der Waals surface area contributed by atoms with Crippen LogP contribution in [0.5, 0.6) is 0 Å². The van der Waals surface area contributed by atoms with Crippen LogP contribution in [0.15, 0.2) is 89.8 Å². The van der Waals surface area contributed by atoms with Gasteiger partial charge in [-0.1, -0.05) is 104 Å². The molecule has 0 bridgehead atoms. The van der Waals surface area contributed by atoms with E-state index >= 15 is 0 Å². The number of halogens is 1. The maximum Gasteiger partial charge on any atom is 0.343 e. The lowest BCUT2D eigenvalue weighted by Crippen LogP contribution is -3.00. The molecule has 3 aromatic rings. The highest BCUT2D eigenvalue weighted by Gasteiger charge is 2.51. The third-order valence-corrected chi connectivity index (χ3v) is 13.2. The molecule has 58 heavy (non-hydrogen) atoms. The summed E-state index contributed by atoms with van der Waals surface area (Å²) in [6, 6.07) is 24.4. The summed E-state index contributed by atoms with van der Waals surface area (Å²) in [5.41, 5.74) is -0.737. The minimum absolute atomic E-state index is 0. The van der Waals surface area contributed by atoms with E-state index < -0.39 is 33.3 Å². The van der Waals surface area contributed by atoms with Gasteiger partial charge in [0.05, 0.1) is 46.2 Å². The zero-order chi connectivity index (χ0) is 41.5. The lowest BCUT2D eigenvalue weighted by Gasteiger charge is -2.33. The van der Waals surface area contributed by atoms with Gasteiger partial charge >= 0.3 is 11.9 Å². The first-order valence-electron chi connectivity index (χ1n) is 20.5. The van der Waals surface area contributed by atoms with E-state index in [0.717, 1.165) is 105 Å². The van der Waals surface area contributed by atoms with Crippen LogP contribution in [0.1, 0.15) is 80.9 Å². The van der Waals surface area contributed by atoms with E-state index in [4.69, 9.17) is 9.47 Å². The molecule has 2 aliphatic carbocycles. The molecule has 320 valence electrons. The summed E-state index contributed by atoms with van der Waals surface area (Å²) in [5.74, 6) is -0.993. The van der Waals surface area contributed by atoms with Crippen molar-refractivity contribution in [2.45, 2.75) is 99.4 Å². The third kappa shape index (κ3) is 12.0. The highest BCUT2D eigenvalue weighted by Crippen LogP contribution is 2.43. The van der Waals surface area contributed by atoms with Crippen LogP contribution >= 0.6 is 0 Å². The number of likely N-dealkylation sites (tertiary alicyclic amines) is 2. The molecule has 4 aliphatic rings. The molecule has 0 spiro atoms. The van der Waals surface area contributed by atoms with Gasteiger partial charge < -0.3 is 50.2 Å². The molecular weight excluding hydrogens is 824 g/mol. The van der Waals surface area contributed by atoms with Gasteiger partial charge in [-0.3, -0.25) is 0 Å². The number of likely N-dealkylation sites (N-methyl/N-ethyl adjacent to an activating group) is 2. The second-order valence-corrected chi connectivity index (χ2v) is 19.2. The predicted molar refractivity (Wildman–Crippen MR) is 216 cm³/mol. The Labute approximate surface area is 356 Å². The van der Waals surface area contributed by atoms with Crippen molar-refractivity contribution in [3.8, 4) is 0 Å². The SMILES string of the molecule is C[N+]1(C)CCC(OC(=O)C(O)(c2ccccc2)C2CCCC2)C1.C[N+]1(C)CCC(OC(=O)C(O)(c2ccccc2)C2CCCC2)C1.Cc1ccc(S(=O)(=O)[O-])cc1.[Br-]. The lowest BCUT2D eigenvalue weighted by atomic mass is 9.80. The van der Waals surface area contributed by atoms with E-state index in [2.05, 4.69) is 28.2 Å². The normalized spacial score (nSPS) is 23.4. The van der Waals surface area contributed by atoms with Gasteiger partial charge in [-0.25, -0.2) is 18.0 Å². The van der Waals surface area contributed by atoms with Gasteiger partial charge in [0.25, 0.3) is 0 Å². The standard InChI is InChI=1S/2C19H28NO3.C7H8O3S.BrH/c2*1-20(2)13-12-17(14-20)23-18(21)19(22,16-10-6-7-11-16)15-8-4-3-5-9-15;1-6-2-4-7(5-3-6)11(8,9)10;/h2*3-5,8-9,16-17,22H,6-7,10-14H2,1-2H3;2-5H,1H3,(H,8,9,10);1H/q2*+1;;/p-2. The summed E-state index contributed by atoms with van der Waals surface area (Å²) in [6.07, 6.45) is 9.37. The molecule has 4 fully saturated rings. The average molecular weight is 888 g/mol. The first-order chi connectivity index (χ1) is 26.8. The fraction of sp³-hybridized carbons (Fsp3) is 0.556. The van der Waals surface area contributed by atoms with Gasteiger partial charge in [0, 0.05) is 24.7 Å². The Morgan fingerprint density at radius 1 is 0.621 bits per heavy atom. The number of benzene rings is 3. The maximum absolute atomic E-state index is 12.9. The molecule has 11 nitrogen and oxygen atoms in total.